The summed E-state index contributed by atoms with van der Waals surface area (Å²) in [6.45, 7) is 1.50. The molecule has 1 aromatic rings. The van der Waals surface area contributed by atoms with Gasteiger partial charge in [-0.25, -0.2) is 0 Å². The Balaban J connectivity index is 1.32. The molecule has 0 bridgehead atoms. The molecule has 1 saturated heterocycles. The predicted octanol–water partition coefficient (Wildman–Crippen LogP) is 3.41. The second-order valence-electron chi connectivity index (χ2n) is 6.17. The molecule has 2 heterocycles. The van der Waals surface area contributed by atoms with Crippen molar-refractivity contribution in [2.75, 3.05) is 13.2 Å². The van der Waals surface area contributed by atoms with Gasteiger partial charge in [0, 0.05) is 6.54 Å². The smallest absolute Gasteiger partial charge is 0.261 e. The molecule has 2 aliphatic heterocycles. The van der Waals surface area contributed by atoms with Gasteiger partial charge in [-0.2, -0.15) is 0 Å². The average molecular weight is 301 g/mol. The Morgan fingerprint density at radius 3 is 2.05 bits per heavy atom. The second kappa shape index (κ2) is 7.05. The van der Waals surface area contributed by atoms with Crippen molar-refractivity contribution in [3.63, 3.8) is 0 Å². The third-order valence-electron chi connectivity index (χ3n) is 4.44. The molecule has 1 fully saturated rings. The van der Waals surface area contributed by atoms with E-state index in [-0.39, 0.29) is 11.8 Å². The number of imide groups is 1. The molecule has 3 rings (SSSR count). The molecular formula is C18H23NO3. The number of hydrogen-bond donors (Lipinski definition) is 0. The molecule has 0 saturated carbocycles. The second-order valence-corrected chi connectivity index (χ2v) is 6.17. The minimum absolute atomic E-state index is 0.134. The molecule has 0 radical (unpaired) electrons. The van der Waals surface area contributed by atoms with Crippen molar-refractivity contribution in [1.29, 1.82) is 0 Å². The maximum Gasteiger partial charge on any atom is 0.261 e. The summed E-state index contributed by atoms with van der Waals surface area (Å²) in [4.78, 5) is 25.7. The molecule has 2 amide bonds. The van der Waals surface area contributed by atoms with Crippen LogP contribution in [-0.4, -0.2) is 36.0 Å². The fourth-order valence-electron chi connectivity index (χ4n) is 3.03. The summed E-state index contributed by atoms with van der Waals surface area (Å²) in [6.07, 6.45) is 8.65. The highest BCUT2D eigenvalue weighted by molar-refractivity contribution is 6.21. The van der Waals surface area contributed by atoms with Gasteiger partial charge in [0.05, 0.1) is 23.8 Å². The lowest BCUT2D eigenvalue weighted by Gasteiger charge is -2.13. The molecule has 0 aliphatic carbocycles. The van der Waals surface area contributed by atoms with Crippen LogP contribution in [0.15, 0.2) is 24.3 Å². The summed E-state index contributed by atoms with van der Waals surface area (Å²) in [5, 5.41) is 0. The van der Waals surface area contributed by atoms with Crippen LogP contribution in [0.3, 0.4) is 0 Å². The summed E-state index contributed by atoms with van der Waals surface area (Å²) in [6, 6.07) is 7.08. The average Bonchev–Trinajstić information content (AvgIpc) is 3.33. The Labute approximate surface area is 131 Å². The van der Waals surface area contributed by atoms with E-state index in [0.717, 1.165) is 19.4 Å². The highest BCUT2D eigenvalue weighted by atomic mass is 16.6. The van der Waals surface area contributed by atoms with Gasteiger partial charge in [-0.3, -0.25) is 14.5 Å². The van der Waals surface area contributed by atoms with E-state index in [9.17, 15) is 9.59 Å². The van der Waals surface area contributed by atoms with E-state index in [2.05, 4.69) is 0 Å². The number of carbonyl (C=O) groups excluding carboxylic acids is 2. The lowest BCUT2D eigenvalue weighted by Crippen LogP contribution is -2.30. The van der Waals surface area contributed by atoms with Crippen molar-refractivity contribution in [1.82, 2.24) is 4.90 Å². The lowest BCUT2D eigenvalue weighted by atomic mass is 10.1. The van der Waals surface area contributed by atoms with Gasteiger partial charge in [-0.1, -0.05) is 44.2 Å². The van der Waals surface area contributed by atoms with Crippen LogP contribution in [0.2, 0.25) is 0 Å². The van der Waals surface area contributed by atoms with Gasteiger partial charge in [0.2, 0.25) is 0 Å². The summed E-state index contributed by atoms with van der Waals surface area (Å²) in [7, 11) is 0. The molecule has 4 heteroatoms. The van der Waals surface area contributed by atoms with Crippen LogP contribution in [0.5, 0.6) is 0 Å². The number of carbonyl (C=O) groups is 2. The number of epoxide rings is 1. The fraction of sp³-hybridized carbons (Fsp3) is 0.556. The molecule has 1 unspecified atom stereocenters. The SMILES string of the molecule is O=C1c2ccccc2C(=O)N1CCCCCCCCC1CO1. The van der Waals surface area contributed by atoms with Crippen LogP contribution in [0.1, 0.15) is 65.7 Å². The normalized spacial score (nSPS) is 19.6. The van der Waals surface area contributed by atoms with Crippen molar-refractivity contribution >= 4 is 11.8 Å². The number of unbranched alkanes of at least 4 members (excludes halogenated alkanes) is 5. The van der Waals surface area contributed by atoms with Gasteiger partial charge in [0.15, 0.2) is 0 Å². The lowest BCUT2D eigenvalue weighted by molar-refractivity contribution is 0.0651. The fourth-order valence-corrected chi connectivity index (χ4v) is 3.03. The number of fused-ring (bicyclic) bond motifs is 1. The van der Waals surface area contributed by atoms with E-state index in [4.69, 9.17) is 4.74 Å². The number of nitrogens with zero attached hydrogens (tertiary/aromatic N) is 1. The maximum absolute atomic E-state index is 12.2. The summed E-state index contributed by atoms with van der Waals surface area (Å²) in [5.41, 5.74) is 1.10. The van der Waals surface area contributed by atoms with E-state index in [1.54, 1.807) is 24.3 Å². The van der Waals surface area contributed by atoms with Gasteiger partial charge in [0.25, 0.3) is 11.8 Å². The first-order valence-electron chi connectivity index (χ1n) is 8.34. The van der Waals surface area contributed by atoms with Crippen LogP contribution in [0, 0.1) is 0 Å². The first kappa shape index (κ1) is 15.2. The Kier molecular flexibility index (Phi) is 4.88. The zero-order valence-corrected chi connectivity index (χ0v) is 12.9. The summed E-state index contributed by atoms with van der Waals surface area (Å²) >= 11 is 0. The van der Waals surface area contributed by atoms with Gasteiger partial charge in [0.1, 0.15) is 0 Å². The molecule has 1 aromatic carbocycles. The van der Waals surface area contributed by atoms with Crippen molar-refractivity contribution in [2.24, 2.45) is 0 Å². The quantitative estimate of drug-likeness (QED) is 0.399. The van der Waals surface area contributed by atoms with E-state index in [1.807, 2.05) is 0 Å². The molecule has 118 valence electrons. The Hall–Kier alpha value is -1.68. The monoisotopic (exact) mass is 301 g/mol. The van der Waals surface area contributed by atoms with Crippen molar-refractivity contribution in [3.05, 3.63) is 35.4 Å². The number of hydrogen-bond acceptors (Lipinski definition) is 3. The van der Waals surface area contributed by atoms with Gasteiger partial charge >= 0.3 is 0 Å². The van der Waals surface area contributed by atoms with Crippen LogP contribution < -0.4 is 0 Å². The van der Waals surface area contributed by atoms with E-state index < -0.39 is 0 Å². The minimum Gasteiger partial charge on any atom is -0.373 e. The van der Waals surface area contributed by atoms with Gasteiger partial charge in [-0.15, -0.1) is 0 Å². The van der Waals surface area contributed by atoms with Crippen molar-refractivity contribution in [3.8, 4) is 0 Å². The summed E-state index contributed by atoms with van der Waals surface area (Å²) in [5.74, 6) is -0.268. The zero-order valence-electron chi connectivity index (χ0n) is 12.9. The standard InChI is InChI=1S/C18H23NO3/c20-17-15-10-6-7-11-16(15)18(21)19(17)12-8-4-2-1-3-5-9-14-13-22-14/h6-7,10-11,14H,1-5,8-9,12-13H2. The molecular weight excluding hydrogens is 278 g/mol. The number of benzene rings is 1. The number of amides is 2. The molecule has 1 atom stereocenters. The van der Waals surface area contributed by atoms with Gasteiger partial charge < -0.3 is 4.74 Å². The van der Waals surface area contributed by atoms with E-state index in [1.165, 1.54) is 37.0 Å². The Bertz CT molecular complexity index is 516. The first-order chi connectivity index (χ1) is 10.8. The molecule has 0 spiro atoms. The Morgan fingerprint density at radius 2 is 1.45 bits per heavy atom. The molecule has 22 heavy (non-hydrogen) atoms. The predicted molar refractivity (Wildman–Crippen MR) is 83.9 cm³/mol. The highest BCUT2D eigenvalue weighted by Gasteiger charge is 2.34. The van der Waals surface area contributed by atoms with Crippen LogP contribution in [0.4, 0.5) is 0 Å². The van der Waals surface area contributed by atoms with Crippen molar-refractivity contribution < 1.29 is 14.3 Å². The van der Waals surface area contributed by atoms with Crippen LogP contribution in [0.25, 0.3) is 0 Å². The topological polar surface area (TPSA) is 49.9 Å². The zero-order chi connectivity index (χ0) is 15.4. The van der Waals surface area contributed by atoms with Gasteiger partial charge in [-0.05, 0) is 25.0 Å². The van der Waals surface area contributed by atoms with E-state index in [0.29, 0.717) is 23.8 Å². The maximum atomic E-state index is 12.2. The number of ether oxygens (including phenoxy) is 1. The largest absolute Gasteiger partial charge is 0.373 e. The molecule has 0 N–H and O–H groups in total. The third-order valence-corrected chi connectivity index (χ3v) is 4.44. The molecule has 0 aromatic heterocycles. The molecule has 4 nitrogen and oxygen atoms in total. The Morgan fingerprint density at radius 1 is 0.909 bits per heavy atom. The van der Waals surface area contributed by atoms with Crippen LogP contribution in [-0.2, 0) is 4.74 Å². The highest BCUT2D eigenvalue weighted by Crippen LogP contribution is 2.23. The summed E-state index contributed by atoms with van der Waals surface area (Å²) < 4.78 is 5.19. The first-order valence-corrected chi connectivity index (χ1v) is 8.34. The number of rotatable bonds is 9. The third kappa shape index (κ3) is 3.55. The minimum atomic E-state index is -0.134. The molecule has 2 aliphatic rings. The van der Waals surface area contributed by atoms with Crippen molar-refractivity contribution in [2.45, 2.75) is 51.0 Å². The van der Waals surface area contributed by atoms with E-state index >= 15 is 0 Å². The van der Waals surface area contributed by atoms with Crippen LogP contribution >= 0.6 is 0 Å².